The maximum Gasteiger partial charge on any atom is 0.167 e. The molecule has 20 heavy (non-hydrogen) atoms. The highest BCUT2D eigenvalue weighted by molar-refractivity contribution is 9.10. The fraction of sp³-hybridized carbons (Fsp3) is 0.133. The van der Waals surface area contributed by atoms with E-state index in [0.717, 1.165) is 4.47 Å². The minimum Gasteiger partial charge on any atom is -0.496 e. The number of halogens is 3. The zero-order chi connectivity index (χ0) is 14.7. The first-order valence-electron chi connectivity index (χ1n) is 5.82. The molecule has 2 aromatic carbocycles. The van der Waals surface area contributed by atoms with Gasteiger partial charge < -0.3 is 4.74 Å². The van der Waals surface area contributed by atoms with E-state index in [2.05, 4.69) is 31.9 Å². The van der Waals surface area contributed by atoms with Crippen molar-refractivity contribution in [3.05, 3.63) is 62.3 Å². The zero-order valence-electron chi connectivity index (χ0n) is 10.6. The van der Waals surface area contributed by atoms with E-state index < -0.39 is 0 Å². The van der Waals surface area contributed by atoms with Crippen LogP contribution < -0.4 is 4.74 Å². The molecule has 0 amide bonds. The lowest BCUT2D eigenvalue weighted by Crippen LogP contribution is -2.05. The highest BCUT2D eigenvalue weighted by Crippen LogP contribution is 2.27. The number of carbonyl (C=O) groups excluding carboxylic acids is 1. The molecule has 0 aliphatic rings. The van der Waals surface area contributed by atoms with Crippen molar-refractivity contribution in [2.75, 3.05) is 7.11 Å². The quantitative estimate of drug-likeness (QED) is 0.688. The van der Waals surface area contributed by atoms with Gasteiger partial charge in [0.15, 0.2) is 5.78 Å². The number of Topliss-reactive ketones (excluding diaryl/α,β-unsaturated/α-hetero) is 1. The molecule has 2 aromatic rings. The molecule has 0 saturated carbocycles. The summed E-state index contributed by atoms with van der Waals surface area (Å²) in [5, 5.41) is 0. The van der Waals surface area contributed by atoms with Crippen molar-refractivity contribution in [2.24, 2.45) is 0 Å². The van der Waals surface area contributed by atoms with E-state index in [0.29, 0.717) is 21.3 Å². The second-order valence-electron chi connectivity index (χ2n) is 4.19. The molecule has 2 rings (SSSR count). The van der Waals surface area contributed by atoms with Crippen LogP contribution in [0.3, 0.4) is 0 Å². The molecule has 0 spiro atoms. The van der Waals surface area contributed by atoms with E-state index in [9.17, 15) is 9.18 Å². The first kappa shape index (κ1) is 15.2. The smallest absolute Gasteiger partial charge is 0.167 e. The number of carbonyl (C=O) groups is 1. The van der Waals surface area contributed by atoms with E-state index in [4.69, 9.17) is 4.74 Å². The Balaban J connectivity index is 2.24. The van der Waals surface area contributed by atoms with Crippen molar-refractivity contribution < 1.29 is 13.9 Å². The molecule has 0 fully saturated rings. The third-order valence-electron chi connectivity index (χ3n) is 2.83. The largest absolute Gasteiger partial charge is 0.496 e. The fourth-order valence-corrected chi connectivity index (χ4v) is 2.72. The summed E-state index contributed by atoms with van der Waals surface area (Å²) in [4.78, 5) is 12.2. The average Bonchev–Trinajstić information content (AvgIpc) is 2.42. The van der Waals surface area contributed by atoms with E-state index in [1.165, 1.54) is 12.1 Å². The molecule has 0 bridgehead atoms. The van der Waals surface area contributed by atoms with Gasteiger partial charge in [-0.3, -0.25) is 4.79 Å². The van der Waals surface area contributed by atoms with Gasteiger partial charge >= 0.3 is 0 Å². The number of ketones is 1. The highest BCUT2D eigenvalue weighted by Gasteiger charge is 2.12. The van der Waals surface area contributed by atoms with Crippen LogP contribution in [0.5, 0.6) is 5.75 Å². The zero-order valence-corrected chi connectivity index (χ0v) is 13.8. The number of hydrogen-bond acceptors (Lipinski definition) is 2. The average molecular weight is 402 g/mol. The second-order valence-corrected chi connectivity index (χ2v) is 5.89. The molecule has 0 aliphatic heterocycles. The summed E-state index contributed by atoms with van der Waals surface area (Å²) in [5.41, 5.74) is 1.18. The molecule has 0 saturated heterocycles. The Morgan fingerprint density at radius 1 is 1.15 bits per heavy atom. The van der Waals surface area contributed by atoms with Crippen molar-refractivity contribution >= 4 is 37.6 Å². The van der Waals surface area contributed by atoms with Gasteiger partial charge in [0.05, 0.1) is 11.6 Å². The van der Waals surface area contributed by atoms with Gasteiger partial charge in [-0.2, -0.15) is 0 Å². The Hall–Kier alpha value is -1.20. The number of benzene rings is 2. The monoisotopic (exact) mass is 400 g/mol. The van der Waals surface area contributed by atoms with Gasteiger partial charge in [0.1, 0.15) is 11.6 Å². The summed E-state index contributed by atoms with van der Waals surface area (Å²) in [6, 6.07) is 9.43. The summed E-state index contributed by atoms with van der Waals surface area (Å²) in [6.45, 7) is 0. The van der Waals surface area contributed by atoms with Gasteiger partial charge in [-0.15, -0.1) is 0 Å². The van der Waals surface area contributed by atoms with Crippen LogP contribution in [0.4, 0.5) is 4.39 Å². The molecular weight excluding hydrogens is 391 g/mol. The Bertz CT molecular complexity index is 656. The van der Waals surface area contributed by atoms with Crippen molar-refractivity contribution in [3.8, 4) is 5.75 Å². The lowest BCUT2D eigenvalue weighted by atomic mass is 10.0. The third-order valence-corrected chi connectivity index (χ3v) is 4.23. The van der Waals surface area contributed by atoms with Crippen molar-refractivity contribution in [3.63, 3.8) is 0 Å². The summed E-state index contributed by atoms with van der Waals surface area (Å²) in [6.07, 6.45) is 0.136. The van der Waals surface area contributed by atoms with Gasteiger partial charge in [0.2, 0.25) is 0 Å². The molecule has 0 unspecified atom stereocenters. The first-order chi connectivity index (χ1) is 9.51. The molecule has 2 nitrogen and oxygen atoms in total. The summed E-state index contributed by atoms with van der Waals surface area (Å²) in [7, 11) is 1.56. The SMILES string of the molecule is COc1ccc(C(=O)Cc2cc(F)ccc2Br)cc1Br. The minimum absolute atomic E-state index is 0.0837. The van der Waals surface area contributed by atoms with Gasteiger partial charge in [0, 0.05) is 16.5 Å². The standard InChI is InChI=1S/C15H11Br2FO2/c1-20-15-5-2-9(7-13(15)17)14(19)8-10-6-11(18)3-4-12(10)16/h2-7H,8H2,1H3. The van der Waals surface area contributed by atoms with E-state index in [1.54, 1.807) is 31.4 Å². The molecule has 5 heteroatoms. The van der Waals surface area contributed by atoms with E-state index in [1.807, 2.05) is 0 Å². The molecule has 104 valence electrons. The van der Waals surface area contributed by atoms with E-state index in [-0.39, 0.29) is 18.0 Å². The van der Waals surface area contributed by atoms with Crippen LogP contribution in [0.25, 0.3) is 0 Å². The Morgan fingerprint density at radius 2 is 1.90 bits per heavy atom. The van der Waals surface area contributed by atoms with Crippen LogP contribution >= 0.6 is 31.9 Å². The van der Waals surface area contributed by atoms with Crippen LogP contribution in [0.1, 0.15) is 15.9 Å². The lowest BCUT2D eigenvalue weighted by Gasteiger charge is -2.07. The topological polar surface area (TPSA) is 26.3 Å². The maximum atomic E-state index is 13.2. The first-order valence-corrected chi connectivity index (χ1v) is 7.40. The Morgan fingerprint density at radius 3 is 2.55 bits per heavy atom. The molecule has 0 aliphatic carbocycles. The second kappa shape index (κ2) is 6.50. The number of ether oxygens (including phenoxy) is 1. The molecule has 0 heterocycles. The molecule has 0 radical (unpaired) electrons. The third kappa shape index (κ3) is 3.46. The van der Waals surface area contributed by atoms with Gasteiger partial charge in [0.25, 0.3) is 0 Å². The van der Waals surface area contributed by atoms with Gasteiger partial charge in [-0.1, -0.05) is 15.9 Å². The van der Waals surface area contributed by atoms with E-state index >= 15 is 0 Å². The maximum absolute atomic E-state index is 13.2. The number of rotatable bonds is 4. The fourth-order valence-electron chi connectivity index (χ4n) is 1.79. The normalized spacial score (nSPS) is 10.4. The molecule has 0 atom stereocenters. The van der Waals surface area contributed by atoms with Crippen molar-refractivity contribution in [2.45, 2.75) is 6.42 Å². The summed E-state index contributed by atoms with van der Waals surface area (Å²) >= 11 is 6.66. The number of hydrogen-bond donors (Lipinski definition) is 0. The minimum atomic E-state index is -0.355. The van der Waals surface area contributed by atoms with Gasteiger partial charge in [-0.05, 0) is 57.9 Å². The predicted molar refractivity (Wildman–Crippen MR) is 82.8 cm³/mol. The van der Waals surface area contributed by atoms with Crippen molar-refractivity contribution in [1.82, 2.24) is 0 Å². The molecule has 0 N–H and O–H groups in total. The predicted octanol–water partition coefficient (Wildman–Crippen LogP) is 4.78. The van der Waals surface area contributed by atoms with Crippen LogP contribution in [0.15, 0.2) is 45.3 Å². The Kier molecular flexibility index (Phi) is 4.94. The van der Waals surface area contributed by atoms with Crippen molar-refractivity contribution in [1.29, 1.82) is 0 Å². The molecule has 0 aromatic heterocycles. The van der Waals surface area contributed by atoms with Gasteiger partial charge in [-0.25, -0.2) is 4.39 Å². The van der Waals surface area contributed by atoms with Crippen LogP contribution in [0.2, 0.25) is 0 Å². The van der Waals surface area contributed by atoms with Crippen LogP contribution in [-0.2, 0) is 6.42 Å². The van der Waals surface area contributed by atoms with Crippen LogP contribution in [0, 0.1) is 5.82 Å². The highest BCUT2D eigenvalue weighted by atomic mass is 79.9. The Labute approximate surface area is 133 Å². The molecular formula is C15H11Br2FO2. The summed E-state index contributed by atoms with van der Waals surface area (Å²) < 4.78 is 19.8. The van der Waals surface area contributed by atoms with Crippen LogP contribution in [-0.4, -0.2) is 12.9 Å². The number of methoxy groups -OCH3 is 1. The summed E-state index contributed by atoms with van der Waals surface area (Å²) in [5.74, 6) is 0.222. The lowest BCUT2D eigenvalue weighted by molar-refractivity contribution is 0.0992.